The molecule has 2 unspecified atom stereocenters. The summed E-state index contributed by atoms with van der Waals surface area (Å²) in [6.07, 6.45) is 0. The number of halogens is 1. The second kappa shape index (κ2) is 4.63. The molecule has 0 aliphatic carbocycles. The van der Waals surface area contributed by atoms with Crippen LogP contribution in [-0.2, 0) is 6.54 Å². The zero-order valence-electron chi connectivity index (χ0n) is 9.44. The molecule has 2 atom stereocenters. The summed E-state index contributed by atoms with van der Waals surface area (Å²) in [5.41, 5.74) is 4.15. The first-order chi connectivity index (χ1) is 8.36. The van der Waals surface area contributed by atoms with Crippen molar-refractivity contribution in [1.82, 2.24) is 5.32 Å². The molecule has 0 radical (unpaired) electrons. The van der Waals surface area contributed by atoms with Crippen LogP contribution >= 0.6 is 15.9 Å². The van der Waals surface area contributed by atoms with Crippen LogP contribution in [-0.4, -0.2) is 0 Å². The molecule has 1 heterocycles. The zero-order chi connectivity index (χ0) is 11.7. The Hall–Kier alpha value is -1.12. The van der Waals surface area contributed by atoms with Crippen molar-refractivity contribution < 1.29 is 0 Å². The molecule has 3 rings (SSSR count). The Bertz CT molecular complexity index is 509. The van der Waals surface area contributed by atoms with Crippen molar-refractivity contribution in [2.24, 2.45) is 0 Å². The van der Waals surface area contributed by atoms with Gasteiger partial charge in [-0.25, -0.2) is 0 Å². The summed E-state index contributed by atoms with van der Waals surface area (Å²) >= 11 is 3.82. The SMILES string of the molecule is BrC(c1ccccc1)C1NCc2ccccc21. The lowest BCUT2D eigenvalue weighted by Crippen LogP contribution is -2.16. The molecule has 1 aliphatic rings. The van der Waals surface area contributed by atoms with Crippen LogP contribution in [0.2, 0.25) is 0 Å². The Morgan fingerprint density at radius 2 is 1.71 bits per heavy atom. The van der Waals surface area contributed by atoms with E-state index in [9.17, 15) is 0 Å². The highest BCUT2D eigenvalue weighted by molar-refractivity contribution is 9.09. The Morgan fingerprint density at radius 3 is 2.53 bits per heavy atom. The first-order valence-corrected chi connectivity index (χ1v) is 6.78. The quantitative estimate of drug-likeness (QED) is 0.825. The lowest BCUT2D eigenvalue weighted by molar-refractivity contribution is 0.577. The third-order valence-corrected chi connectivity index (χ3v) is 4.37. The summed E-state index contributed by atoms with van der Waals surface area (Å²) in [4.78, 5) is 0.326. The van der Waals surface area contributed by atoms with Crippen molar-refractivity contribution in [1.29, 1.82) is 0 Å². The van der Waals surface area contributed by atoms with Crippen LogP contribution < -0.4 is 5.32 Å². The topological polar surface area (TPSA) is 12.0 Å². The molecule has 0 saturated heterocycles. The van der Waals surface area contributed by atoms with Crippen LogP contribution in [0.4, 0.5) is 0 Å². The van der Waals surface area contributed by atoms with Gasteiger partial charge in [0.05, 0.1) is 4.83 Å². The minimum atomic E-state index is 0.326. The van der Waals surface area contributed by atoms with E-state index in [2.05, 4.69) is 75.8 Å². The maximum absolute atomic E-state index is 3.82. The fourth-order valence-corrected chi connectivity index (χ4v) is 3.20. The van der Waals surface area contributed by atoms with Crippen LogP contribution in [0, 0.1) is 0 Å². The maximum atomic E-state index is 3.82. The van der Waals surface area contributed by atoms with E-state index in [4.69, 9.17) is 0 Å². The summed E-state index contributed by atoms with van der Waals surface area (Å²) in [5, 5.41) is 3.57. The molecule has 2 aromatic carbocycles. The van der Waals surface area contributed by atoms with Gasteiger partial charge in [-0.15, -0.1) is 0 Å². The molecule has 1 N–H and O–H groups in total. The van der Waals surface area contributed by atoms with Gasteiger partial charge < -0.3 is 5.32 Å². The van der Waals surface area contributed by atoms with E-state index in [1.165, 1.54) is 16.7 Å². The molecule has 1 aliphatic heterocycles. The fourth-order valence-electron chi connectivity index (χ4n) is 2.42. The highest BCUT2D eigenvalue weighted by Gasteiger charge is 2.28. The van der Waals surface area contributed by atoms with Gasteiger partial charge in [0.15, 0.2) is 0 Å². The van der Waals surface area contributed by atoms with E-state index in [1.54, 1.807) is 0 Å². The molecule has 17 heavy (non-hydrogen) atoms. The molecule has 2 aromatic rings. The third kappa shape index (κ3) is 2.03. The van der Waals surface area contributed by atoms with Gasteiger partial charge >= 0.3 is 0 Å². The summed E-state index contributed by atoms with van der Waals surface area (Å²) in [5.74, 6) is 0. The maximum Gasteiger partial charge on any atom is 0.0590 e. The third-order valence-electron chi connectivity index (χ3n) is 3.31. The molecule has 0 saturated carbocycles. The Labute approximate surface area is 110 Å². The van der Waals surface area contributed by atoms with E-state index in [0.717, 1.165) is 6.54 Å². The minimum Gasteiger partial charge on any atom is -0.305 e. The van der Waals surface area contributed by atoms with Gasteiger partial charge in [0.2, 0.25) is 0 Å². The first kappa shape index (κ1) is 11.0. The van der Waals surface area contributed by atoms with Crippen molar-refractivity contribution in [3.05, 3.63) is 71.3 Å². The van der Waals surface area contributed by atoms with E-state index in [1.807, 2.05) is 0 Å². The number of alkyl halides is 1. The average Bonchev–Trinajstić information content (AvgIpc) is 2.83. The molecular formula is C15H14BrN. The molecule has 0 amide bonds. The van der Waals surface area contributed by atoms with Gasteiger partial charge in [-0.05, 0) is 16.7 Å². The van der Waals surface area contributed by atoms with E-state index in [0.29, 0.717) is 10.9 Å². The highest BCUT2D eigenvalue weighted by atomic mass is 79.9. The van der Waals surface area contributed by atoms with Gasteiger partial charge in [0.25, 0.3) is 0 Å². The van der Waals surface area contributed by atoms with Gasteiger partial charge in [-0.2, -0.15) is 0 Å². The van der Waals surface area contributed by atoms with Crippen molar-refractivity contribution in [2.75, 3.05) is 0 Å². The second-order valence-electron chi connectivity index (χ2n) is 4.37. The van der Waals surface area contributed by atoms with Crippen LogP contribution in [0.3, 0.4) is 0 Å². The normalized spacial score (nSPS) is 19.9. The van der Waals surface area contributed by atoms with Crippen LogP contribution in [0.25, 0.3) is 0 Å². The van der Waals surface area contributed by atoms with Crippen LogP contribution in [0.15, 0.2) is 54.6 Å². The Kier molecular flexibility index (Phi) is 3.00. The minimum absolute atomic E-state index is 0.326. The Balaban J connectivity index is 1.92. The number of hydrogen-bond donors (Lipinski definition) is 1. The summed E-state index contributed by atoms with van der Waals surface area (Å²) < 4.78 is 0. The first-order valence-electron chi connectivity index (χ1n) is 5.86. The average molecular weight is 288 g/mol. The number of nitrogens with one attached hydrogen (secondary N) is 1. The van der Waals surface area contributed by atoms with Crippen molar-refractivity contribution in [3.63, 3.8) is 0 Å². The molecule has 0 fully saturated rings. The number of fused-ring (bicyclic) bond motifs is 1. The monoisotopic (exact) mass is 287 g/mol. The summed E-state index contributed by atoms with van der Waals surface area (Å²) in [6.45, 7) is 0.968. The van der Waals surface area contributed by atoms with Gasteiger partial charge in [-0.3, -0.25) is 0 Å². The molecule has 0 bridgehead atoms. The number of rotatable bonds is 2. The predicted octanol–water partition coefficient (Wildman–Crippen LogP) is 3.97. The van der Waals surface area contributed by atoms with Gasteiger partial charge in [-0.1, -0.05) is 70.5 Å². The lowest BCUT2D eigenvalue weighted by atomic mass is 9.99. The molecule has 1 nitrogen and oxygen atoms in total. The second-order valence-corrected chi connectivity index (χ2v) is 5.36. The smallest absolute Gasteiger partial charge is 0.0590 e. The van der Waals surface area contributed by atoms with E-state index < -0.39 is 0 Å². The largest absolute Gasteiger partial charge is 0.305 e. The predicted molar refractivity (Wildman–Crippen MR) is 74.1 cm³/mol. The molecule has 86 valence electrons. The van der Waals surface area contributed by atoms with Gasteiger partial charge in [0, 0.05) is 12.6 Å². The van der Waals surface area contributed by atoms with E-state index in [-0.39, 0.29) is 0 Å². The van der Waals surface area contributed by atoms with Crippen LogP contribution in [0.1, 0.15) is 27.6 Å². The van der Waals surface area contributed by atoms with E-state index >= 15 is 0 Å². The van der Waals surface area contributed by atoms with Crippen molar-refractivity contribution >= 4 is 15.9 Å². The van der Waals surface area contributed by atoms with Crippen molar-refractivity contribution in [2.45, 2.75) is 17.4 Å². The lowest BCUT2D eigenvalue weighted by Gasteiger charge is -2.19. The molecule has 2 heteroatoms. The van der Waals surface area contributed by atoms with Crippen molar-refractivity contribution in [3.8, 4) is 0 Å². The highest BCUT2D eigenvalue weighted by Crippen LogP contribution is 2.40. The van der Waals surface area contributed by atoms with Crippen LogP contribution in [0.5, 0.6) is 0 Å². The zero-order valence-corrected chi connectivity index (χ0v) is 11.0. The standard InChI is InChI=1S/C15H14BrN/c16-14(11-6-2-1-3-7-11)15-13-9-5-4-8-12(13)10-17-15/h1-9,14-15,17H,10H2. The summed E-state index contributed by atoms with van der Waals surface area (Å²) in [6, 6.07) is 19.6. The summed E-state index contributed by atoms with van der Waals surface area (Å²) in [7, 11) is 0. The molecule has 0 aromatic heterocycles. The number of hydrogen-bond acceptors (Lipinski definition) is 1. The molecular weight excluding hydrogens is 274 g/mol. The van der Waals surface area contributed by atoms with Gasteiger partial charge in [0.1, 0.15) is 0 Å². The molecule has 0 spiro atoms. The fraction of sp³-hybridized carbons (Fsp3) is 0.200. The Morgan fingerprint density at radius 1 is 1.00 bits per heavy atom. The number of benzene rings is 2.